The molecule has 0 saturated carbocycles. The van der Waals surface area contributed by atoms with Crippen molar-refractivity contribution in [1.82, 2.24) is 14.9 Å². The highest BCUT2D eigenvalue weighted by Crippen LogP contribution is 2.36. The van der Waals surface area contributed by atoms with Gasteiger partial charge in [0.2, 0.25) is 0 Å². The van der Waals surface area contributed by atoms with Crippen molar-refractivity contribution in [3.05, 3.63) is 29.1 Å². The number of morpholine rings is 1. The zero-order valence-electron chi connectivity index (χ0n) is 19.3. The Morgan fingerprint density at radius 1 is 1.12 bits per heavy atom. The molecule has 0 spiro atoms. The van der Waals surface area contributed by atoms with Crippen molar-refractivity contribution >= 4 is 27.4 Å². The Labute approximate surface area is 193 Å². The van der Waals surface area contributed by atoms with Crippen LogP contribution in [0.3, 0.4) is 0 Å². The van der Waals surface area contributed by atoms with Crippen LogP contribution in [0, 0.1) is 6.92 Å². The van der Waals surface area contributed by atoms with Crippen LogP contribution in [0.1, 0.15) is 26.3 Å². The van der Waals surface area contributed by atoms with Gasteiger partial charge in [0.05, 0.1) is 31.0 Å². The highest BCUT2D eigenvalue weighted by atomic mass is 32.1. The Morgan fingerprint density at radius 3 is 2.69 bits per heavy atom. The monoisotopic (exact) mass is 456 g/mol. The first-order valence-electron chi connectivity index (χ1n) is 11.3. The molecule has 0 bridgehead atoms. The van der Waals surface area contributed by atoms with Gasteiger partial charge in [-0.1, -0.05) is 0 Å². The van der Waals surface area contributed by atoms with Gasteiger partial charge in [0.15, 0.2) is 5.13 Å². The van der Waals surface area contributed by atoms with Gasteiger partial charge < -0.3 is 19.5 Å². The van der Waals surface area contributed by atoms with Crippen molar-refractivity contribution in [2.24, 2.45) is 0 Å². The van der Waals surface area contributed by atoms with Crippen LogP contribution in [0.4, 0.5) is 5.13 Å². The first-order valence-corrected chi connectivity index (χ1v) is 12.2. The molecule has 0 aliphatic carbocycles. The summed E-state index contributed by atoms with van der Waals surface area (Å²) in [5.74, 6) is 1.68. The van der Waals surface area contributed by atoms with Crippen molar-refractivity contribution in [2.45, 2.75) is 33.7 Å². The number of benzene rings is 1. The van der Waals surface area contributed by atoms with Gasteiger partial charge in [-0.2, -0.15) is 0 Å². The van der Waals surface area contributed by atoms with E-state index in [0.717, 1.165) is 77.3 Å². The summed E-state index contributed by atoms with van der Waals surface area (Å²) in [4.78, 5) is 12.1. The standard InChI is InChI=1S/C24H32N4O3S/c1-5-30-22-14-19(20-15-32-24(27-20)25-16(2)3)26-23-17(4)21(7-6-18(22)23)31-13-10-28-8-11-29-12-9-28/h6-7,14-16H,5,8-13H2,1-4H3,(H,25,27). The van der Waals surface area contributed by atoms with E-state index in [-0.39, 0.29) is 0 Å². The van der Waals surface area contributed by atoms with E-state index in [1.807, 2.05) is 30.5 Å². The fourth-order valence-electron chi connectivity index (χ4n) is 3.76. The van der Waals surface area contributed by atoms with Crippen LogP contribution >= 0.6 is 11.3 Å². The molecule has 1 N–H and O–H groups in total. The van der Waals surface area contributed by atoms with E-state index in [0.29, 0.717) is 19.3 Å². The Kier molecular flexibility index (Phi) is 7.44. The first kappa shape index (κ1) is 22.8. The third kappa shape index (κ3) is 5.31. The number of fused-ring (bicyclic) bond motifs is 1. The van der Waals surface area contributed by atoms with E-state index < -0.39 is 0 Å². The number of hydrogen-bond acceptors (Lipinski definition) is 8. The molecule has 3 heterocycles. The number of anilines is 1. The fourth-order valence-corrected chi connectivity index (χ4v) is 4.61. The first-order chi connectivity index (χ1) is 15.5. The number of aromatic nitrogens is 2. The van der Waals surface area contributed by atoms with Gasteiger partial charge in [-0.25, -0.2) is 9.97 Å². The number of thiazole rings is 1. The van der Waals surface area contributed by atoms with Crippen molar-refractivity contribution in [1.29, 1.82) is 0 Å². The van der Waals surface area contributed by atoms with Crippen molar-refractivity contribution in [2.75, 3.05) is 51.4 Å². The molecule has 0 unspecified atom stereocenters. The lowest BCUT2D eigenvalue weighted by molar-refractivity contribution is 0.0322. The zero-order chi connectivity index (χ0) is 22.5. The fraction of sp³-hybridized carbons (Fsp3) is 0.500. The summed E-state index contributed by atoms with van der Waals surface area (Å²) < 4.78 is 17.5. The predicted molar refractivity (Wildman–Crippen MR) is 130 cm³/mol. The highest BCUT2D eigenvalue weighted by Gasteiger charge is 2.16. The molecule has 4 rings (SSSR count). The molecule has 1 aliphatic rings. The predicted octanol–water partition coefficient (Wildman–Crippen LogP) is 4.60. The number of nitrogens with zero attached hydrogens (tertiary/aromatic N) is 3. The number of pyridine rings is 1. The van der Waals surface area contributed by atoms with Crippen LogP contribution in [-0.2, 0) is 4.74 Å². The quantitative estimate of drug-likeness (QED) is 0.505. The van der Waals surface area contributed by atoms with Crippen LogP contribution in [0.25, 0.3) is 22.3 Å². The molecular formula is C24H32N4O3S. The molecule has 1 fully saturated rings. The maximum atomic E-state index is 6.15. The Balaban J connectivity index is 1.61. The van der Waals surface area contributed by atoms with E-state index >= 15 is 0 Å². The lowest BCUT2D eigenvalue weighted by Crippen LogP contribution is -2.38. The lowest BCUT2D eigenvalue weighted by atomic mass is 10.1. The van der Waals surface area contributed by atoms with Crippen LogP contribution in [0.5, 0.6) is 11.5 Å². The van der Waals surface area contributed by atoms with Crippen molar-refractivity contribution in [3.8, 4) is 22.9 Å². The minimum Gasteiger partial charge on any atom is -0.493 e. The second kappa shape index (κ2) is 10.5. The number of aryl methyl sites for hydroxylation is 1. The van der Waals surface area contributed by atoms with Crippen LogP contribution < -0.4 is 14.8 Å². The maximum Gasteiger partial charge on any atom is 0.183 e. The van der Waals surface area contributed by atoms with Gasteiger partial charge in [0, 0.05) is 48.1 Å². The van der Waals surface area contributed by atoms with Crippen molar-refractivity contribution in [3.63, 3.8) is 0 Å². The minimum absolute atomic E-state index is 0.331. The highest BCUT2D eigenvalue weighted by molar-refractivity contribution is 7.14. The Bertz CT molecular complexity index is 1050. The van der Waals surface area contributed by atoms with Crippen LogP contribution in [0.2, 0.25) is 0 Å². The molecule has 32 heavy (non-hydrogen) atoms. The molecule has 1 saturated heterocycles. The molecule has 3 aromatic rings. The zero-order valence-corrected chi connectivity index (χ0v) is 20.1. The van der Waals surface area contributed by atoms with Gasteiger partial charge in [-0.05, 0) is 39.8 Å². The summed E-state index contributed by atoms with van der Waals surface area (Å²) in [6, 6.07) is 6.38. The smallest absolute Gasteiger partial charge is 0.183 e. The Morgan fingerprint density at radius 2 is 1.94 bits per heavy atom. The summed E-state index contributed by atoms with van der Waals surface area (Å²) >= 11 is 1.59. The SMILES string of the molecule is CCOc1cc(-c2csc(NC(C)C)n2)nc2c(C)c(OCCN3CCOCC3)ccc12. The molecular weight excluding hydrogens is 424 g/mol. The number of ether oxygens (including phenoxy) is 3. The molecule has 8 heteroatoms. The summed E-state index contributed by atoms with van der Waals surface area (Å²) in [6.45, 7) is 13.9. The van der Waals surface area contributed by atoms with E-state index in [1.165, 1.54) is 0 Å². The third-order valence-corrected chi connectivity index (χ3v) is 6.17. The lowest BCUT2D eigenvalue weighted by Gasteiger charge is -2.26. The van der Waals surface area contributed by atoms with Crippen LogP contribution in [-0.4, -0.2) is 67.0 Å². The second-order valence-electron chi connectivity index (χ2n) is 8.16. The molecule has 172 valence electrons. The second-order valence-corrected chi connectivity index (χ2v) is 9.02. The summed E-state index contributed by atoms with van der Waals surface area (Å²) in [5, 5.41) is 7.28. The average molecular weight is 457 g/mol. The topological polar surface area (TPSA) is 68.7 Å². The molecule has 2 aromatic heterocycles. The molecule has 1 aromatic carbocycles. The van der Waals surface area contributed by atoms with Gasteiger partial charge in [-0.15, -0.1) is 11.3 Å². The molecule has 0 radical (unpaired) electrons. The van der Waals surface area contributed by atoms with Gasteiger partial charge in [0.1, 0.15) is 23.8 Å². The van der Waals surface area contributed by atoms with E-state index in [4.69, 9.17) is 24.2 Å². The number of rotatable bonds is 9. The molecule has 0 amide bonds. The van der Waals surface area contributed by atoms with Gasteiger partial charge in [-0.3, -0.25) is 4.90 Å². The van der Waals surface area contributed by atoms with E-state index in [1.54, 1.807) is 11.3 Å². The van der Waals surface area contributed by atoms with Gasteiger partial charge >= 0.3 is 0 Å². The van der Waals surface area contributed by atoms with E-state index in [2.05, 4.69) is 31.0 Å². The Hall–Kier alpha value is -2.42. The summed E-state index contributed by atoms with van der Waals surface area (Å²) in [5.41, 5.74) is 3.56. The minimum atomic E-state index is 0.331. The van der Waals surface area contributed by atoms with Gasteiger partial charge in [0.25, 0.3) is 0 Å². The molecule has 0 atom stereocenters. The largest absolute Gasteiger partial charge is 0.493 e. The van der Waals surface area contributed by atoms with Crippen LogP contribution in [0.15, 0.2) is 23.6 Å². The average Bonchev–Trinajstić information content (AvgIpc) is 3.24. The third-order valence-electron chi connectivity index (χ3n) is 5.39. The number of nitrogens with one attached hydrogen (secondary N) is 1. The van der Waals surface area contributed by atoms with E-state index in [9.17, 15) is 0 Å². The summed E-state index contributed by atoms with van der Waals surface area (Å²) in [7, 11) is 0. The molecule has 1 aliphatic heterocycles. The number of hydrogen-bond donors (Lipinski definition) is 1. The van der Waals surface area contributed by atoms with Crippen molar-refractivity contribution < 1.29 is 14.2 Å². The maximum absolute atomic E-state index is 6.15. The normalized spacial score (nSPS) is 14.8. The molecule has 7 nitrogen and oxygen atoms in total. The summed E-state index contributed by atoms with van der Waals surface area (Å²) in [6.07, 6.45) is 0.